The summed E-state index contributed by atoms with van der Waals surface area (Å²) in [5.74, 6) is -0.176. The van der Waals surface area contributed by atoms with Gasteiger partial charge in [0.05, 0.1) is 6.04 Å². The third-order valence-corrected chi connectivity index (χ3v) is 4.29. The highest BCUT2D eigenvalue weighted by atomic mass is 32.1. The summed E-state index contributed by atoms with van der Waals surface area (Å²) < 4.78 is 13.4. The largest absolute Gasteiger partial charge is 0.309 e. The van der Waals surface area contributed by atoms with Crippen molar-refractivity contribution < 1.29 is 4.39 Å². The first-order chi connectivity index (χ1) is 8.67. The molecular weight excluding hydrogens is 245 g/mol. The molecule has 0 spiro atoms. The summed E-state index contributed by atoms with van der Waals surface area (Å²) >= 11 is 1.73. The van der Waals surface area contributed by atoms with Gasteiger partial charge in [0.2, 0.25) is 0 Å². The number of benzene rings is 1. The van der Waals surface area contributed by atoms with Crippen LogP contribution in [0, 0.1) is 12.7 Å². The lowest BCUT2D eigenvalue weighted by atomic mass is 9.97. The van der Waals surface area contributed by atoms with Gasteiger partial charge in [0.25, 0.3) is 0 Å². The van der Waals surface area contributed by atoms with E-state index in [0.717, 1.165) is 17.5 Å². The van der Waals surface area contributed by atoms with Gasteiger partial charge in [0, 0.05) is 4.88 Å². The Morgan fingerprint density at radius 1 is 1.33 bits per heavy atom. The minimum atomic E-state index is -0.176. The number of nitrogens with one attached hydrogen (secondary N) is 1. The van der Waals surface area contributed by atoms with Crippen LogP contribution in [0.25, 0.3) is 0 Å². The maximum atomic E-state index is 13.4. The fourth-order valence-corrected chi connectivity index (χ4v) is 3.37. The second kappa shape index (κ2) is 5.63. The zero-order chi connectivity index (χ0) is 13.1. The SMILES string of the molecule is CCc1ccsc1C(NC)c1cc(F)ccc1C. The lowest BCUT2D eigenvalue weighted by Crippen LogP contribution is -2.19. The molecule has 1 unspecified atom stereocenters. The van der Waals surface area contributed by atoms with Gasteiger partial charge in [-0.2, -0.15) is 0 Å². The Kier molecular flexibility index (Phi) is 4.15. The molecular formula is C15H18FNS. The molecule has 96 valence electrons. The van der Waals surface area contributed by atoms with Crippen LogP contribution in [-0.4, -0.2) is 7.05 Å². The standard InChI is InChI=1S/C15H18FNS/c1-4-11-7-8-18-15(11)14(17-3)13-9-12(16)6-5-10(13)2/h5-9,14,17H,4H2,1-3H3. The molecule has 1 atom stereocenters. The topological polar surface area (TPSA) is 12.0 Å². The Labute approximate surface area is 112 Å². The van der Waals surface area contributed by atoms with Gasteiger partial charge in [-0.1, -0.05) is 13.0 Å². The molecule has 18 heavy (non-hydrogen) atoms. The van der Waals surface area contributed by atoms with Crippen LogP contribution in [0.2, 0.25) is 0 Å². The first-order valence-corrected chi connectivity index (χ1v) is 7.05. The average Bonchev–Trinajstić information content (AvgIpc) is 2.83. The molecule has 1 nitrogen and oxygen atoms in total. The minimum absolute atomic E-state index is 0.0793. The van der Waals surface area contributed by atoms with Crippen LogP contribution in [0.15, 0.2) is 29.6 Å². The normalized spacial score (nSPS) is 12.7. The Balaban J connectivity index is 2.48. The van der Waals surface area contributed by atoms with Crippen LogP contribution < -0.4 is 5.32 Å². The van der Waals surface area contributed by atoms with Crippen LogP contribution >= 0.6 is 11.3 Å². The first kappa shape index (κ1) is 13.2. The van der Waals surface area contributed by atoms with Crippen molar-refractivity contribution in [2.24, 2.45) is 0 Å². The minimum Gasteiger partial charge on any atom is -0.309 e. The highest BCUT2D eigenvalue weighted by Gasteiger charge is 2.18. The van der Waals surface area contributed by atoms with Crippen molar-refractivity contribution in [1.29, 1.82) is 0 Å². The smallest absolute Gasteiger partial charge is 0.123 e. The van der Waals surface area contributed by atoms with Crippen molar-refractivity contribution in [1.82, 2.24) is 5.32 Å². The van der Waals surface area contributed by atoms with E-state index in [1.807, 2.05) is 20.0 Å². The molecule has 2 aromatic rings. The zero-order valence-electron chi connectivity index (χ0n) is 11.0. The maximum absolute atomic E-state index is 13.4. The van der Waals surface area contributed by atoms with Gasteiger partial charge in [-0.15, -0.1) is 11.3 Å². The third kappa shape index (κ3) is 2.47. The van der Waals surface area contributed by atoms with Crippen molar-refractivity contribution in [2.45, 2.75) is 26.3 Å². The maximum Gasteiger partial charge on any atom is 0.123 e. The molecule has 1 heterocycles. The van der Waals surface area contributed by atoms with Crippen LogP contribution in [-0.2, 0) is 6.42 Å². The van der Waals surface area contributed by atoms with Crippen molar-refractivity contribution in [3.05, 3.63) is 57.0 Å². The Bertz CT molecular complexity index is 533. The van der Waals surface area contributed by atoms with Gasteiger partial charge in [-0.05, 0) is 60.7 Å². The Hall–Kier alpha value is -1.19. The lowest BCUT2D eigenvalue weighted by Gasteiger charge is -2.19. The van der Waals surface area contributed by atoms with E-state index >= 15 is 0 Å². The molecule has 0 aliphatic carbocycles. The number of thiophene rings is 1. The van der Waals surface area contributed by atoms with E-state index < -0.39 is 0 Å². The number of hydrogen-bond acceptors (Lipinski definition) is 2. The van der Waals surface area contributed by atoms with E-state index in [4.69, 9.17) is 0 Å². The van der Waals surface area contributed by atoms with Gasteiger partial charge >= 0.3 is 0 Å². The summed E-state index contributed by atoms with van der Waals surface area (Å²) in [4.78, 5) is 1.29. The second-order valence-corrected chi connectivity index (χ2v) is 5.33. The van der Waals surface area contributed by atoms with Gasteiger partial charge in [-0.3, -0.25) is 0 Å². The summed E-state index contributed by atoms with van der Waals surface area (Å²) in [6.07, 6.45) is 1.01. The van der Waals surface area contributed by atoms with Crippen LogP contribution in [0.4, 0.5) is 4.39 Å². The molecule has 0 bridgehead atoms. The second-order valence-electron chi connectivity index (χ2n) is 4.39. The summed E-state index contributed by atoms with van der Waals surface area (Å²) in [6.45, 7) is 4.18. The highest BCUT2D eigenvalue weighted by molar-refractivity contribution is 7.10. The molecule has 0 aliphatic heterocycles. The van der Waals surface area contributed by atoms with E-state index in [1.54, 1.807) is 17.4 Å². The summed E-state index contributed by atoms with van der Waals surface area (Å²) in [5.41, 5.74) is 3.48. The fraction of sp³-hybridized carbons (Fsp3) is 0.333. The number of hydrogen-bond donors (Lipinski definition) is 1. The lowest BCUT2D eigenvalue weighted by molar-refractivity contribution is 0.616. The molecule has 0 radical (unpaired) electrons. The predicted molar refractivity (Wildman–Crippen MR) is 75.7 cm³/mol. The molecule has 0 aliphatic rings. The summed E-state index contributed by atoms with van der Waals surface area (Å²) in [5, 5.41) is 5.41. The molecule has 0 saturated heterocycles. The molecule has 0 saturated carbocycles. The molecule has 3 heteroatoms. The summed E-state index contributed by atoms with van der Waals surface area (Å²) in [7, 11) is 1.92. The van der Waals surface area contributed by atoms with Crippen molar-refractivity contribution in [3.63, 3.8) is 0 Å². The van der Waals surface area contributed by atoms with Crippen LogP contribution in [0.1, 0.15) is 34.5 Å². The Morgan fingerprint density at radius 2 is 2.11 bits per heavy atom. The highest BCUT2D eigenvalue weighted by Crippen LogP contribution is 2.31. The van der Waals surface area contributed by atoms with E-state index in [2.05, 4.69) is 23.7 Å². The van der Waals surface area contributed by atoms with Crippen molar-refractivity contribution in [3.8, 4) is 0 Å². The van der Waals surface area contributed by atoms with Crippen molar-refractivity contribution in [2.75, 3.05) is 7.05 Å². The monoisotopic (exact) mass is 263 g/mol. The molecule has 2 rings (SSSR count). The molecule has 0 fully saturated rings. The quantitative estimate of drug-likeness (QED) is 0.877. The molecule has 1 N–H and O–H groups in total. The Morgan fingerprint density at radius 3 is 2.78 bits per heavy atom. The van der Waals surface area contributed by atoms with E-state index in [0.29, 0.717) is 0 Å². The summed E-state index contributed by atoms with van der Waals surface area (Å²) in [6, 6.07) is 7.22. The molecule has 1 aromatic carbocycles. The predicted octanol–water partition coefficient (Wildman–Crippen LogP) is 4.07. The zero-order valence-corrected chi connectivity index (χ0v) is 11.8. The van der Waals surface area contributed by atoms with Crippen LogP contribution in [0.5, 0.6) is 0 Å². The van der Waals surface area contributed by atoms with E-state index in [1.165, 1.54) is 16.5 Å². The van der Waals surface area contributed by atoms with Gasteiger partial charge in [-0.25, -0.2) is 4.39 Å². The van der Waals surface area contributed by atoms with Gasteiger partial charge < -0.3 is 5.32 Å². The molecule has 0 amide bonds. The van der Waals surface area contributed by atoms with Crippen LogP contribution in [0.3, 0.4) is 0 Å². The van der Waals surface area contributed by atoms with Crippen molar-refractivity contribution >= 4 is 11.3 Å². The van der Waals surface area contributed by atoms with E-state index in [-0.39, 0.29) is 11.9 Å². The number of halogens is 1. The fourth-order valence-electron chi connectivity index (χ4n) is 2.24. The van der Waals surface area contributed by atoms with Gasteiger partial charge in [0.1, 0.15) is 5.82 Å². The first-order valence-electron chi connectivity index (χ1n) is 6.17. The van der Waals surface area contributed by atoms with E-state index in [9.17, 15) is 4.39 Å². The number of rotatable bonds is 4. The number of aryl methyl sites for hydroxylation is 2. The average molecular weight is 263 g/mol. The molecule has 1 aromatic heterocycles. The third-order valence-electron chi connectivity index (χ3n) is 3.26. The van der Waals surface area contributed by atoms with Gasteiger partial charge in [0.15, 0.2) is 0 Å².